The highest BCUT2D eigenvalue weighted by atomic mass is 14.2. The molecule has 0 aliphatic carbocycles. The number of rotatable bonds is 44. The van der Waals surface area contributed by atoms with Gasteiger partial charge in [-0.05, 0) is 63.2 Å². The van der Waals surface area contributed by atoms with Gasteiger partial charge in [0.25, 0.3) is 0 Å². The first-order valence-corrected chi connectivity index (χ1v) is 28.7. The second kappa shape index (κ2) is 62.8. The van der Waals surface area contributed by atoms with Crippen molar-refractivity contribution in [3.63, 3.8) is 0 Å². The van der Waals surface area contributed by atoms with Crippen molar-refractivity contribution in [2.75, 3.05) is 0 Å². The molecule has 0 aliphatic rings. The summed E-state index contributed by atoms with van der Waals surface area (Å²) in [6, 6.07) is 0. The average molecular weight is 846 g/mol. The summed E-state index contributed by atoms with van der Waals surface area (Å²) >= 11 is 0. The Balaban J connectivity index is -0.000000425. The van der Waals surface area contributed by atoms with Gasteiger partial charge in [0, 0.05) is 0 Å². The second-order valence-electron chi connectivity index (χ2n) is 19.3. The average Bonchev–Trinajstić information content (AvgIpc) is 3.26. The summed E-state index contributed by atoms with van der Waals surface area (Å²) < 4.78 is 0. The molecule has 0 aliphatic heterocycles. The summed E-state index contributed by atoms with van der Waals surface area (Å²) in [4.78, 5) is 0. The SMILES string of the molecule is C=C(CCCCCCCC)C(CCCCCC)CCCCCCCC.C=C(CCCCCCCC)C(CCCCCC)CCCCCCCC.CCCC.CCCCCC. The maximum Gasteiger partial charge on any atom is -0.0206 e. The topological polar surface area (TPSA) is 0 Å². The van der Waals surface area contributed by atoms with Crippen molar-refractivity contribution in [1.29, 1.82) is 0 Å². The van der Waals surface area contributed by atoms with Crippen molar-refractivity contribution in [3.8, 4) is 0 Å². The van der Waals surface area contributed by atoms with Crippen molar-refractivity contribution >= 4 is 0 Å². The minimum Gasteiger partial charge on any atom is -0.0996 e. The zero-order valence-corrected chi connectivity index (χ0v) is 44.7. The van der Waals surface area contributed by atoms with Gasteiger partial charge in [-0.15, -0.1) is 0 Å². The number of unbranched alkanes of at least 4 members (excludes halogenated alkanes) is 30. The molecule has 2 unspecified atom stereocenters. The van der Waals surface area contributed by atoms with E-state index >= 15 is 0 Å². The van der Waals surface area contributed by atoms with Crippen molar-refractivity contribution in [2.45, 2.75) is 352 Å². The van der Waals surface area contributed by atoms with Crippen molar-refractivity contribution in [1.82, 2.24) is 0 Å². The summed E-state index contributed by atoms with van der Waals surface area (Å²) in [5.74, 6) is 1.64. The van der Waals surface area contributed by atoms with Gasteiger partial charge in [0.1, 0.15) is 0 Å². The number of hydrogen-bond acceptors (Lipinski definition) is 0. The summed E-state index contributed by atoms with van der Waals surface area (Å²) in [6.07, 6.45) is 61.5. The van der Waals surface area contributed by atoms with E-state index in [4.69, 9.17) is 0 Å². The zero-order chi connectivity index (χ0) is 45.4. The van der Waals surface area contributed by atoms with Gasteiger partial charge in [-0.25, -0.2) is 0 Å². The highest BCUT2D eigenvalue weighted by Crippen LogP contribution is 2.29. The van der Waals surface area contributed by atoms with Crippen LogP contribution < -0.4 is 0 Å². The molecule has 364 valence electrons. The van der Waals surface area contributed by atoms with Crippen LogP contribution in [0.15, 0.2) is 24.3 Å². The molecule has 0 amide bonds. The van der Waals surface area contributed by atoms with Crippen LogP contribution >= 0.6 is 0 Å². The van der Waals surface area contributed by atoms with Crippen LogP contribution in [0.1, 0.15) is 352 Å². The second-order valence-corrected chi connectivity index (χ2v) is 19.3. The summed E-state index contributed by atoms with van der Waals surface area (Å²) in [5.41, 5.74) is 3.17. The van der Waals surface area contributed by atoms with E-state index in [-0.39, 0.29) is 0 Å². The van der Waals surface area contributed by atoms with Gasteiger partial charge in [-0.3, -0.25) is 0 Å². The molecule has 0 aromatic rings. The third kappa shape index (κ3) is 59.6. The predicted molar refractivity (Wildman–Crippen MR) is 285 cm³/mol. The van der Waals surface area contributed by atoms with Crippen LogP contribution in [-0.4, -0.2) is 0 Å². The van der Waals surface area contributed by atoms with E-state index in [1.165, 1.54) is 283 Å². The van der Waals surface area contributed by atoms with Crippen molar-refractivity contribution < 1.29 is 0 Å². The molecule has 0 heterocycles. The maximum absolute atomic E-state index is 4.52. The minimum atomic E-state index is 0.818. The summed E-state index contributed by atoms with van der Waals surface area (Å²) in [7, 11) is 0. The first-order chi connectivity index (χ1) is 29.3. The molecular formula is C60H124. The Morgan fingerprint density at radius 1 is 0.217 bits per heavy atom. The monoisotopic (exact) mass is 845 g/mol. The standard InChI is InChI=1S/2C25H50.C6H14.C4H10/c2*1-5-8-11-14-16-18-21-24(4)25(22-19-13-10-7-3)23-20-17-15-12-9-6-2;1-3-5-6-4-2;1-3-4-2/h2*25H,4-23H2,1-3H3;3-6H2,1-2H3;3-4H2,1-2H3. The van der Waals surface area contributed by atoms with Gasteiger partial charge in [-0.2, -0.15) is 0 Å². The summed E-state index contributed by atoms with van der Waals surface area (Å²) in [5, 5.41) is 0. The van der Waals surface area contributed by atoms with E-state index in [1.54, 1.807) is 11.1 Å². The lowest BCUT2D eigenvalue weighted by Gasteiger charge is -2.20. The van der Waals surface area contributed by atoms with E-state index in [9.17, 15) is 0 Å². The molecule has 0 fully saturated rings. The summed E-state index contributed by atoms with van der Waals surface area (Å²) in [6.45, 7) is 31.7. The normalized spacial score (nSPS) is 11.8. The van der Waals surface area contributed by atoms with Crippen LogP contribution in [0.3, 0.4) is 0 Å². The third-order valence-corrected chi connectivity index (χ3v) is 12.9. The lowest BCUT2D eigenvalue weighted by molar-refractivity contribution is 0.439. The molecule has 0 spiro atoms. The van der Waals surface area contributed by atoms with E-state index in [0.717, 1.165) is 11.8 Å². The van der Waals surface area contributed by atoms with E-state index in [0.29, 0.717) is 0 Å². The predicted octanol–water partition coefficient (Wildman–Crippen LogP) is 23.7. The van der Waals surface area contributed by atoms with Crippen molar-refractivity contribution in [3.05, 3.63) is 24.3 Å². The van der Waals surface area contributed by atoms with Crippen LogP contribution in [0, 0.1) is 11.8 Å². The van der Waals surface area contributed by atoms with Crippen molar-refractivity contribution in [2.24, 2.45) is 11.8 Å². The van der Waals surface area contributed by atoms with E-state index in [2.05, 4.69) is 82.4 Å². The van der Waals surface area contributed by atoms with Crippen LogP contribution in [0.4, 0.5) is 0 Å². The molecule has 0 heteroatoms. The minimum absolute atomic E-state index is 0.818. The molecule has 2 atom stereocenters. The molecule has 0 saturated heterocycles. The van der Waals surface area contributed by atoms with Crippen LogP contribution in [0.25, 0.3) is 0 Å². The Hall–Kier alpha value is -0.520. The smallest absolute Gasteiger partial charge is 0.0206 e. The molecule has 0 nitrogen and oxygen atoms in total. The molecule has 0 N–H and O–H groups in total. The Bertz CT molecular complexity index is 668. The first-order valence-electron chi connectivity index (χ1n) is 28.7. The quantitative estimate of drug-likeness (QED) is 0.0423. The Labute approximate surface area is 386 Å². The third-order valence-electron chi connectivity index (χ3n) is 12.9. The van der Waals surface area contributed by atoms with Gasteiger partial charge in [-0.1, -0.05) is 325 Å². The maximum atomic E-state index is 4.52. The highest BCUT2D eigenvalue weighted by molar-refractivity contribution is 5.01. The van der Waals surface area contributed by atoms with Gasteiger partial charge < -0.3 is 0 Å². The molecule has 0 bridgehead atoms. The van der Waals surface area contributed by atoms with E-state index < -0.39 is 0 Å². The van der Waals surface area contributed by atoms with Gasteiger partial charge in [0.05, 0.1) is 0 Å². The van der Waals surface area contributed by atoms with Gasteiger partial charge >= 0.3 is 0 Å². The lowest BCUT2D eigenvalue weighted by Crippen LogP contribution is -2.05. The molecule has 0 aromatic carbocycles. The van der Waals surface area contributed by atoms with Gasteiger partial charge in [0.2, 0.25) is 0 Å². The molecule has 0 aromatic heterocycles. The molecule has 0 saturated carbocycles. The molecular weight excluding hydrogens is 721 g/mol. The number of hydrogen-bond donors (Lipinski definition) is 0. The lowest BCUT2D eigenvalue weighted by atomic mass is 9.86. The molecule has 0 radical (unpaired) electrons. The molecule has 0 rings (SSSR count). The molecule has 60 heavy (non-hydrogen) atoms. The van der Waals surface area contributed by atoms with Crippen LogP contribution in [-0.2, 0) is 0 Å². The Morgan fingerprint density at radius 2 is 0.383 bits per heavy atom. The zero-order valence-electron chi connectivity index (χ0n) is 44.7. The fraction of sp³-hybridized carbons (Fsp3) is 0.933. The fourth-order valence-electron chi connectivity index (χ4n) is 8.26. The Kier molecular flexibility index (Phi) is 69.1. The Morgan fingerprint density at radius 3 is 0.600 bits per heavy atom. The largest absolute Gasteiger partial charge is 0.0996 e. The fourth-order valence-corrected chi connectivity index (χ4v) is 8.26. The first kappa shape index (κ1) is 66.1. The van der Waals surface area contributed by atoms with E-state index in [1.807, 2.05) is 0 Å². The van der Waals surface area contributed by atoms with Gasteiger partial charge in [0.15, 0.2) is 0 Å². The van der Waals surface area contributed by atoms with Crippen LogP contribution in [0.5, 0.6) is 0 Å². The van der Waals surface area contributed by atoms with Crippen LogP contribution in [0.2, 0.25) is 0 Å². The highest BCUT2D eigenvalue weighted by Gasteiger charge is 2.13. The number of allylic oxidation sites excluding steroid dienone is 2.